The monoisotopic (exact) mass is 228 g/mol. The first-order valence-corrected chi connectivity index (χ1v) is 6.03. The maximum absolute atomic E-state index is 11.2. The Morgan fingerprint density at radius 1 is 1.53 bits per heavy atom. The number of H-pyrrole nitrogens is 1. The van der Waals surface area contributed by atoms with Crippen LogP contribution in [-0.2, 0) is 0 Å². The molecule has 0 aliphatic heterocycles. The van der Waals surface area contributed by atoms with Crippen LogP contribution in [0.1, 0.15) is 26.2 Å². The zero-order chi connectivity index (χ0) is 11.1. The van der Waals surface area contributed by atoms with Crippen LogP contribution < -0.4 is 10.3 Å². The highest BCUT2D eigenvalue weighted by Gasteiger charge is 2.01. The molecule has 15 heavy (non-hydrogen) atoms. The molecule has 5 heteroatoms. The van der Waals surface area contributed by atoms with Gasteiger partial charge in [0.15, 0.2) is 5.16 Å². The van der Waals surface area contributed by atoms with Crippen molar-refractivity contribution in [2.75, 3.05) is 12.9 Å². The fourth-order valence-corrected chi connectivity index (χ4v) is 1.98. The van der Waals surface area contributed by atoms with E-state index in [1.807, 2.05) is 0 Å². The molecule has 0 aliphatic carbocycles. The molecule has 0 fully saturated rings. The summed E-state index contributed by atoms with van der Waals surface area (Å²) in [5.41, 5.74) is -0.167. The molecule has 0 radical (unpaired) electrons. The molecule has 0 saturated heterocycles. The van der Waals surface area contributed by atoms with E-state index in [0.29, 0.717) is 11.0 Å². The number of aromatic amines is 1. The van der Waals surface area contributed by atoms with E-state index in [4.69, 9.17) is 4.74 Å². The molecular formula is C10H16N2O2S. The van der Waals surface area contributed by atoms with E-state index in [-0.39, 0.29) is 5.56 Å². The SMILES string of the molecule is CCCCCSc1nc(OC)cc(=O)[nH]1. The molecule has 1 aromatic rings. The molecule has 0 aliphatic rings. The molecule has 0 saturated carbocycles. The second-order valence-corrected chi connectivity index (χ2v) is 4.23. The molecule has 1 N–H and O–H groups in total. The number of aromatic nitrogens is 2. The number of unbranched alkanes of at least 4 members (excludes halogenated alkanes) is 2. The van der Waals surface area contributed by atoms with E-state index in [1.54, 1.807) is 11.8 Å². The highest BCUT2D eigenvalue weighted by atomic mass is 32.2. The molecular weight excluding hydrogens is 212 g/mol. The lowest BCUT2D eigenvalue weighted by molar-refractivity contribution is 0.391. The van der Waals surface area contributed by atoms with Gasteiger partial charge in [-0.3, -0.25) is 4.79 Å². The summed E-state index contributed by atoms with van der Waals surface area (Å²) in [5.74, 6) is 1.35. The van der Waals surface area contributed by atoms with Crippen LogP contribution >= 0.6 is 11.8 Å². The molecule has 84 valence electrons. The Bertz CT molecular complexity index is 352. The van der Waals surface area contributed by atoms with E-state index in [1.165, 1.54) is 26.0 Å². The predicted molar refractivity (Wildman–Crippen MR) is 61.7 cm³/mol. The summed E-state index contributed by atoms with van der Waals surface area (Å²) in [6.07, 6.45) is 3.55. The Morgan fingerprint density at radius 3 is 3.00 bits per heavy atom. The molecule has 0 aromatic carbocycles. The third-order valence-corrected chi connectivity index (χ3v) is 2.85. The number of nitrogens with zero attached hydrogens (tertiary/aromatic N) is 1. The van der Waals surface area contributed by atoms with Crippen LogP contribution in [0.3, 0.4) is 0 Å². The third-order valence-electron chi connectivity index (χ3n) is 1.89. The van der Waals surface area contributed by atoms with Crippen LogP contribution in [0.2, 0.25) is 0 Å². The summed E-state index contributed by atoms with van der Waals surface area (Å²) in [7, 11) is 1.51. The van der Waals surface area contributed by atoms with Crippen molar-refractivity contribution in [1.29, 1.82) is 0 Å². The van der Waals surface area contributed by atoms with Crippen LogP contribution in [0, 0.1) is 0 Å². The Labute approximate surface area is 93.5 Å². The third kappa shape index (κ3) is 4.38. The van der Waals surface area contributed by atoms with Crippen molar-refractivity contribution < 1.29 is 4.74 Å². The van der Waals surface area contributed by atoms with Gasteiger partial charge >= 0.3 is 0 Å². The lowest BCUT2D eigenvalue weighted by Gasteiger charge is -2.02. The van der Waals surface area contributed by atoms with E-state index in [9.17, 15) is 4.79 Å². The Morgan fingerprint density at radius 2 is 2.33 bits per heavy atom. The molecule has 0 spiro atoms. The highest BCUT2D eigenvalue weighted by molar-refractivity contribution is 7.99. The van der Waals surface area contributed by atoms with Gasteiger partial charge in [0, 0.05) is 5.75 Å². The van der Waals surface area contributed by atoms with Gasteiger partial charge in [-0.15, -0.1) is 0 Å². The maximum atomic E-state index is 11.2. The Balaban J connectivity index is 2.53. The first kappa shape index (κ1) is 12.1. The first-order chi connectivity index (χ1) is 7.26. The van der Waals surface area contributed by atoms with Crippen molar-refractivity contribution in [2.45, 2.75) is 31.3 Å². The largest absolute Gasteiger partial charge is 0.481 e. The lowest BCUT2D eigenvalue weighted by Crippen LogP contribution is -2.08. The van der Waals surface area contributed by atoms with Crippen LogP contribution in [-0.4, -0.2) is 22.8 Å². The molecule has 1 rings (SSSR count). The zero-order valence-electron chi connectivity index (χ0n) is 9.08. The second-order valence-electron chi connectivity index (χ2n) is 3.15. The summed E-state index contributed by atoms with van der Waals surface area (Å²) in [6.45, 7) is 2.16. The van der Waals surface area contributed by atoms with E-state index < -0.39 is 0 Å². The van der Waals surface area contributed by atoms with Gasteiger partial charge in [-0.2, -0.15) is 4.98 Å². The quantitative estimate of drug-likeness (QED) is 0.460. The predicted octanol–water partition coefficient (Wildman–Crippen LogP) is 2.06. The van der Waals surface area contributed by atoms with E-state index >= 15 is 0 Å². The molecule has 0 bridgehead atoms. The minimum absolute atomic E-state index is 0.167. The van der Waals surface area contributed by atoms with Gasteiger partial charge in [-0.05, 0) is 6.42 Å². The second kappa shape index (κ2) is 6.50. The topological polar surface area (TPSA) is 55.0 Å². The van der Waals surface area contributed by atoms with Crippen LogP contribution in [0.5, 0.6) is 5.88 Å². The maximum Gasteiger partial charge on any atom is 0.255 e. The van der Waals surface area contributed by atoms with Crippen LogP contribution in [0.25, 0.3) is 0 Å². The van der Waals surface area contributed by atoms with Crippen molar-refractivity contribution >= 4 is 11.8 Å². The zero-order valence-corrected chi connectivity index (χ0v) is 9.89. The normalized spacial score (nSPS) is 10.3. The van der Waals surface area contributed by atoms with Gasteiger partial charge in [0.2, 0.25) is 5.88 Å². The van der Waals surface area contributed by atoms with Gasteiger partial charge in [0.25, 0.3) is 5.56 Å². The molecule has 4 nitrogen and oxygen atoms in total. The minimum Gasteiger partial charge on any atom is -0.481 e. The fourth-order valence-electron chi connectivity index (χ4n) is 1.11. The first-order valence-electron chi connectivity index (χ1n) is 5.04. The van der Waals surface area contributed by atoms with Crippen LogP contribution in [0.4, 0.5) is 0 Å². The number of thioether (sulfide) groups is 1. The minimum atomic E-state index is -0.167. The average molecular weight is 228 g/mol. The summed E-state index contributed by atoms with van der Waals surface area (Å²) in [4.78, 5) is 18.0. The standard InChI is InChI=1S/C10H16N2O2S/c1-3-4-5-6-15-10-11-8(13)7-9(12-10)14-2/h7H,3-6H2,1-2H3,(H,11,12,13). The Kier molecular flexibility index (Phi) is 5.25. The summed E-state index contributed by atoms with van der Waals surface area (Å²) in [6, 6.07) is 1.34. The molecule has 0 unspecified atom stereocenters. The van der Waals surface area contributed by atoms with Gasteiger partial charge in [-0.1, -0.05) is 31.5 Å². The number of hydrogen-bond acceptors (Lipinski definition) is 4. The highest BCUT2D eigenvalue weighted by Crippen LogP contribution is 2.15. The van der Waals surface area contributed by atoms with Crippen molar-refractivity contribution in [1.82, 2.24) is 9.97 Å². The van der Waals surface area contributed by atoms with Crippen molar-refractivity contribution in [3.63, 3.8) is 0 Å². The number of nitrogens with one attached hydrogen (secondary N) is 1. The van der Waals surface area contributed by atoms with E-state index in [2.05, 4.69) is 16.9 Å². The molecule has 1 aromatic heterocycles. The van der Waals surface area contributed by atoms with E-state index in [0.717, 1.165) is 12.2 Å². The van der Waals surface area contributed by atoms with Gasteiger partial charge in [-0.25, -0.2) is 0 Å². The molecule has 1 heterocycles. The lowest BCUT2D eigenvalue weighted by atomic mass is 10.3. The van der Waals surface area contributed by atoms with Crippen molar-refractivity contribution in [3.05, 3.63) is 16.4 Å². The number of hydrogen-bond donors (Lipinski definition) is 1. The van der Waals surface area contributed by atoms with Crippen molar-refractivity contribution in [3.8, 4) is 5.88 Å². The smallest absolute Gasteiger partial charge is 0.255 e. The Hall–Kier alpha value is -0.970. The fraction of sp³-hybridized carbons (Fsp3) is 0.600. The molecule has 0 atom stereocenters. The molecule has 0 amide bonds. The van der Waals surface area contributed by atoms with Crippen molar-refractivity contribution in [2.24, 2.45) is 0 Å². The van der Waals surface area contributed by atoms with Crippen LogP contribution in [0.15, 0.2) is 16.0 Å². The summed E-state index contributed by atoms with van der Waals surface area (Å²) in [5, 5.41) is 0.635. The number of methoxy groups -OCH3 is 1. The summed E-state index contributed by atoms with van der Waals surface area (Å²) >= 11 is 1.56. The average Bonchev–Trinajstić information content (AvgIpc) is 2.23. The number of rotatable bonds is 6. The summed E-state index contributed by atoms with van der Waals surface area (Å²) < 4.78 is 4.92. The van der Waals surface area contributed by atoms with Gasteiger partial charge in [0.1, 0.15) is 0 Å². The number of ether oxygens (including phenoxy) is 1. The van der Waals surface area contributed by atoms with Gasteiger partial charge < -0.3 is 9.72 Å². The van der Waals surface area contributed by atoms with Gasteiger partial charge in [0.05, 0.1) is 13.2 Å².